The van der Waals surface area contributed by atoms with Crippen LogP contribution < -0.4 is 5.32 Å². The first-order valence-corrected chi connectivity index (χ1v) is 12.1. The predicted molar refractivity (Wildman–Crippen MR) is 130 cm³/mol. The minimum atomic E-state index is -3.40. The molecular weight excluding hydrogens is 517 g/mol. The highest BCUT2D eigenvalue weighted by Gasteiger charge is 2.30. The monoisotopic (exact) mass is 551 g/mol. The molecule has 30 heavy (non-hydrogen) atoms. The SMILES string of the molecule is CCN=C(NC(CC)CS(=O)(=O)c1ccccc1)N1CCCC(C(=O)OCC)C1.I. The molecule has 0 spiro atoms. The van der Waals surface area contributed by atoms with Gasteiger partial charge in [0.2, 0.25) is 0 Å². The number of piperidine rings is 1. The Hall–Kier alpha value is -1.36. The molecule has 2 atom stereocenters. The van der Waals surface area contributed by atoms with E-state index < -0.39 is 9.84 Å². The number of halogens is 1. The van der Waals surface area contributed by atoms with E-state index in [0.29, 0.717) is 37.0 Å². The van der Waals surface area contributed by atoms with Gasteiger partial charge in [-0.3, -0.25) is 9.79 Å². The molecule has 1 aliphatic heterocycles. The van der Waals surface area contributed by atoms with Crippen molar-refractivity contribution in [3.05, 3.63) is 30.3 Å². The van der Waals surface area contributed by atoms with Crippen LogP contribution in [-0.2, 0) is 19.4 Å². The average molecular weight is 551 g/mol. The topological polar surface area (TPSA) is 88.1 Å². The fourth-order valence-electron chi connectivity index (χ4n) is 3.44. The van der Waals surface area contributed by atoms with E-state index in [1.54, 1.807) is 30.3 Å². The van der Waals surface area contributed by atoms with Crippen LogP contribution in [0.4, 0.5) is 0 Å². The number of carbonyl (C=O) groups is 1. The summed E-state index contributed by atoms with van der Waals surface area (Å²) in [6.45, 7) is 7.97. The molecule has 1 aliphatic rings. The minimum absolute atomic E-state index is 0. The molecule has 0 aliphatic carbocycles. The van der Waals surface area contributed by atoms with E-state index in [2.05, 4.69) is 10.3 Å². The number of ether oxygens (including phenoxy) is 1. The summed E-state index contributed by atoms with van der Waals surface area (Å²) in [6.07, 6.45) is 2.31. The van der Waals surface area contributed by atoms with Crippen LogP contribution in [0.5, 0.6) is 0 Å². The van der Waals surface area contributed by atoms with Crippen LogP contribution in [0.25, 0.3) is 0 Å². The van der Waals surface area contributed by atoms with Gasteiger partial charge in [-0.25, -0.2) is 8.42 Å². The summed E-state index contributed by atoms with van der Waals surface area (Å²) in [5.41, 5.74) is 0. The number of nitrogens with one attached hydrogen (secondary N) is 1. The summed E-state index contributed by atoms with van der Waals surface area (Å²) in [4.78, 5) is 19.1. The van der Waals surface area contributed by atoms with Crippen molar-refractivity contribution < 1.29 is 17.9 Å². The van der Waals surface area contributed by atoms with Crippen LogP contribution in [0, 0.1) is 5.92 Å². The fourth-order valence-corrected chi connectivity index (χ4v) is 5.05. The number of nitrogens with zero attached hydrogens (tertiary/aromatic N) is 2. The van der Waals surface area contributed by atoms with Crippen LogP contribution in [-0.4, -0.2) is 63.3 Å². The third-order valence-corrected chi connectivity index (χ3v) is 6.83. The third-order valence-electron chi connectivity index (χ3n) is 5.00. The second-order valence-corrected chi connectivity index (χ2v) is 9.21. The van der Waals surface area contributed by atoms with Crippen molar-refractivity contribution in [3.8, 4) is 0 Å². The summed E-state index contributed by atoms with van der Waals surface area (Å²) >= 11 is 0. The Morgan fingerprint density at radius 1 is 1.27 bits per heavy atom. The summed E-state index contributed by atoms with van der Waals surface area (Å²) in [6, 6.07) is 8.24. The van der Waals surface area contributed by atoms with Crippen molar-refractivity contribution in [2.45, 2.75) is 51.0 Å². The van der Waals surface area contributed by atoms with Crippen molar-refractivity contribution in [2.75, 3.05) is 32.0 Å². The first-order valence-electron chi connectivity index (χ1n) is 10.4. The molecule has 170 valence electrons. The molecule has 1 heterocycles. The lowest BCUT2D eigenvalue weighted by atomic mass is 9.98. The molecule has 0 amide bonds. The highest BCUT2D eigenvalue weighted by atomic mass is 127. The molecular formula is C21H34IN3O4S. The average Bonchev–Trinajstić information content (AvgIpc) is 2.73. The van der Waals surface area contributed by atoms with Crippen molar-refractivity contribution >= 4 is 45.7 Å². The van der Waals surface area contributed by atoms with E-state index in [4.69, 9.17) is 4.74 Å². The van der Waals surface area contributed by atoms with Gasteiger partial charge in [0.25, 0.3) is 0 Å². The first kappa shape index (κ1) is 26.7. The second-order valence-electron chi connectivity index (χ2n) is 7.18. The Balaban J connectivity index is 0.00000450. The van der Waals surface area contributed by atoms with Crippen LogP contribution in [0.1, 0.15) is 40.0 Å². The van der Waals surface area contributed by atoms with Crippen LogP contribution in [0.15, 0.2) is 40.2 Å². The Bertz CT molecular complexity index is 787. The van der Waals surface area contributed by atoms with E-state index in [0.717, 1.165) is 19.4 Å². The van der Waals surface area contributed by atoms with Gasteiger partial charge in [-0.1, -0.05) is 25.1 Å². The highest BCUT2D eigenvalue weighted by Crippen LogP contribution is 2.19. The molecule has 1 N–H and O–H groups in total. The van der Waals surface area contributed by atoms with E-state index in [1.807, 2.05) is 25.7 Å². The van der Waals surface area contributed by atoms with E-state index >= 15 is 0 Å². The van der Waals surface area contributed by atoms with Crippen LogP contribution in [0.2, 0.25) is 0 Å². The molecule has 2 unspecified atom stereocenters. The number of hydrogen-bond donors (Lipinski definition) is 1. The number of carbonyl (C=O) groups excluding carboxylic acids is 1. The molecule has 1 aromatic rings. The lowest BCUT2D eigenvalue weighted by molar-refractivity contribution is -0.149. The Morgan fingerprint density at radius 3 is 2.57 bits per heavy atom. The van der Waals surface area contributed by atoms with Crippen molar-refractivity contribution in [2.24, 2.45) is 10.9 Å². The molecule has 0 radical (unpaired) electrons. The fraction of sp³-hybridized carbons (Fsp3) is 0.619. The lowest BCUT2D eigenvalue weighted by Crippen LogP contribution is -2.52. The minimum Gasteiger partial charge on any atom is -0.466 e. The Labute approximate surface area is 197 Å². The molecule has 7 nitrogen and oxygen atoms in total. The summed E-state index contributed by atoms with van der Waals surface area (Å²) in [5.74, 6) is 0.301. The van der Waals surface area contributed by atoms with E-state index in [1.165, 1.54) is 0 Å². The number of likely N-dealkylation sites (tertiary alicyclic amines) is 1. The number of aliphatic imine (C=N–C) groups is 1. The highest BCUT2D eigenvalue weighted by molar-refractivity contribution is 14.0. The molecule has 1 saturated heterocycles. The van der Waals surface area contributed by atoms with Gasteiger partial charge in [0, 0.05) is 25.7 Å². The number of hydrogen-bond acceptors (Lipinski definition) is 5. The molecule has 0 bridgehead atoms. The van der Waals surface area contributed by atoms with Gasteiger partial charge in [-0.05, 0) is 45.2 Å². The van der Waals surface area contributed by atoms with Crippen LogP contribution >= 0.6 is 24.0 Å². The lowest BCUT2D eigenvalue weighted by Gasteiger charge is -2.35. The third kappa shape index (κ3) is 7.72. The maximum atomic E-state index is 12.8. The summed E-state index contributed by atoms with van der Waals surface area (Å²) in [7, 11) is -3.40. The Kier molecular flexibility index (Phi) is 11.7. The van der Waals surface area contributed by atoms with Gasteiger partial charge >= 0.3 is 5.97 Å². The van der Waals surface area contributed by atoms with Gasteiger partial charge in [0.05, 0.1) is 23.2 Å². The predicted octanol–water partition coefficient (Wildman–Crippen LogP) is 3.10. The van der Waals surface area contributed by atoms with Crippen molar-refractivity contribution in [1.82, 2.24) is 10.2 Å². The largest absolute Gasteiger partial charge is 0.466 e. The van der Waals surface area contributed by atoms with Gasteiger partial charge in [-0.15, -0.1) is 24.0 Å². The first-order chi connectivity index (χ1) is 13.9. The number of sulfone groups is 1. The zero-order chi connectivity index (χ0) is 21.3. The van der Waals surface area contributed by atoms with Gasteiger partial charge in [0.15, 0.2) is 15.8 Å². The van der Waals surface area contributed by atoms with Gasteiger partial charge < -0.3 is 15.0 Å². The summed E-state index contributed by atoms with van der Waals surface area (Å²) in [5, 5.41) is 3.34. The maximum absolute atomic E-state index is 12.8. The molecule has 2 rings (SSSR count). The maximum Gasteiger partial charge on any atom is 0.310 e. The zero-order valence-corrected chi connectivity index (χ0v) is 21.2. The molecule has 9 heteroatoms. The molecule has 0 saturated carbocycles. The van der Waals surface area contributed by atoms with Gasteiger partial charge in [-0.2, -0.15) is 0 Å². The van der Waals surface area contributed by atoms with Gasteiger partial charge in [0.1, 0.15) is 0 Å². The Morgan fingerprint density at radius 2 is 1.97 bits per heavy atom. The zero-order valence-electron chi connectivity index (χ0n) is 18.0. The molecule has 0 aromatic heterocycles. The van der Waals surface area contributed by atoms with Crippen molar-refractivity contribution in [1.29, 1.82) is 0 Å². The van der Waals surface area contributed by atoms with E-state index in [-0.39, 0.29) is 47.7 Å². The second kappa shape index (κ2) is 13.1. The smallest absolute Gasteiger partial charge is 0.310 e. The standard InChI is InChI=1S/C21H33N3O4S.HI/c1-4-18(16-29(26,27)19-12-8-7-9-13-19)23-21(22-5-2)24-14-10-11-17(15-24)20(25)28-6-3;/h7-9,12-13,17-18H,4-6,10-11,14-16H2,1-3H3,(H,22,23);1H. The van der Waals surface area contributed by atoms with E-state index in [9.17, 15) is 13.2 Å². The number of guanidine groups is 1. The molecule has 1 aromatic carbocycles. The quantitative estimate of drug-likeness (QED) is 0.231. The summed E-state index contributed by atoms with van der Waals surface area (Å²) < 4.78 is 30.7. The number of rotatable bonds is 8. The number of benzene rings is 1. The van der Waals surface area contributed by atoms with Crippen molar-refractivity contribution in [3.63, 3.8) is 0 Å². The number of esters is 1. The normalized spacial score (nSPS) is 18.3. The van der Waals surface area contributed by atoms with Crippen LogP contribution in [0.3, 0.4) is 0 Å². The molecule has 1 fully saturated rings.